The van der Waals surface area contributed by atoms with Gasteiger partial charge in [-0.2, -0.15) is 0 Å². The van der Waals surface area contributed by atoms with E-state index in [-0.39, 0.29) is 29.7 Å². The zero-order chi connectivity index (χ0) is 44.3. The third kappa shape index (κ3) is 7.44. The van der Waals surface area contributed by atoms with Crippen LogP contribution in [0, 0.1) is 16.7 Å². The number of Topliss-reactive ketones (excluding diaryl/α,β-unsaturated/α-hetero) is 1. The van der Waals surface area contributed by atoms with Gasteiger partial charge in [0.05, 0.1) is 35.6 Å². The van der Waals surface area contributed by atoms with E-state index in [4.69, 9.17) is 23.7 Å². The Morgan fingerprint density at radius 2 is 1.63 bits per heavy atom. The maximum absolute atomic E-state index is 15.0. The van der Waals surface area contributed by atoms with Gasteiger partial charge >= 0.3 is 24.0 Å². The number of carbonyl (C=O) groups excluding carboxylic acids is 5. The lowest BCUT2D eigenvalue weighted by molar-refractivity contribution is -0.346. The summed E-state index contributed by atoms with van der Waals surface area (Å²) in [6, 6.07) is 12.9. The maximum atomic E-state index is 15.0. The second kappa shape index (κ2) is 15.8. The Morgan fingerprint density at radius 3 is 2.18 bits per heavy atom. The highest BCUT2D eigenvalue weighted by Crippen LogP contribution is 2.64. The molecule has 324 valence electrons. The topological polar surface area (TPSA) is 224 Å². The fraction of sp³-hybridized carbons (Fsp3) is 0.533. The Hall–Kier alpha value is -4.93. The SMILES string of the molecule is C=Cc1ccc([C@H](NC(=O)OC(C)(C)C)[C@@H](O)C(=O)O[C@H]2C[C@@]3(O)[C@@H](OC(=O)c4ccccc4)[C@@H]4[C@]5(OC(C)=O)CO[C@@H]5C[C@H](O)[C@@]4(C)C(=O)[C@H](O)C(=C2C)C3(C)C)cc1. The number of alkyl carbamates (subject to hydrolysis) is 1. The van der Waals surface area contributed by atoms with Crippen molar-refractivity contribution >= 4 is 35.9 Å². The largest absolute Gasteiger partial charge is 0.456 e. The molecule has 4 aliphatic rings. The summed E-state index contributed by atoms with van der Waals surface area (Å²) in [5, 5.41) is 51.8. The Balaban J connectivity index is 1.48. The van der Waals surface area contributed by atoms with Crippen molar-refractivity contribution in [2.75, 3.05) is 6.61 Å². The third-order valence-corrected chi connectivity index (χ3v) is 12.9. The molecule has 15 nitrogen and oxygen atoms in total. The maximum Gasteiger partial charge on any atom is 0.408 e. The summed E-state index contributed by atoms with van der Waals surface area (Å²) < 4.78 is 29.6. The smallest absolute Gasteiger partial charge is 0.408 e. The van der Waals surface area contributed by atoms with Crippen LogP contribution in [0.15, 0.2) is 72.3 Å². The minimum absolute atomic E-state index is 0.0712. The average Bonchev–Trinajstić information content (AvgIpc) is 3.17. The first-order valence-corrected chi connectivity index (χ1v) is 19.9. The van der Waals surface area contributed by atoms with Crippen molar-refractivity contribution in [3.63, 3.8) is 0 Å². The highest BCUT2D eigenvalue weighted by Gasteiger charge is 2.78. The Morgan fingerprint density at radius 1 is 1.00 bits per heavy atom. The number of ketones is 1. The van der Waals surface area contributed by atoms with Crippen molar-refractivity contribution in [3.05, 3.63) is 89.0 Å². The fourth-order valence-corrected chi connectivity index (χ4v) is 9.74. The molecular formula is C45H55NO14. The molecular weight excluding hydrogens is 778 g/mol. The summed E-state index contributed by atoms with van der Waals surface area (Å²) in [4.78, 5) is 69.2. The van der Waals surface area contributed by atoms with Gasteiger partial charge in [-0.1, -0.05) is 69.0 Å². The summed E-state index contributed by atoms with van der Waals surface area (Å²) in [7, 11) is 0. The van der Waals surface area contributed by atoms with Gasteiger partial charge in [-0.25, -0.2) is 14.4 Å². The van der Waals surface area contributed by atoms with E-state index < -0.39 is 112 Å². The molecule has 2 saturated carbocycles. The Labute approximate surface area is 348 Å². The van der Waals surface area contributed by atoms with Gasteiger partial charge in [0.15, 0.2) is 17.5 Å². The van der Waals surface area contributed by atoms with Crippen LogP contribution in [0.5, 0.6) is 0 Å². The quantitative estimate of drug-likeness (QED) is 0.137. The van der Waals surface area contributed by atoms with E-state index in [1.807, 2.05) is 0 Å². The molecule has 1 amide bonds. The number of ether oxygens (including phenoxy) is 5. The van der Waals surface area contributed by atoms with E-state index in [9.17, 15) is 44.4 Å². The van der Waals surface area contributed by atoms with Crippen LogP contribution < -0.4 is 5.32 Å². The number of hydrogen-bond acceptors (Lipinski definition) is 14. The Bertz CT molecular complexity index is 2070. The van der Waals surface area contributed by atoms with Crippen molar-refractivity contribution in [1.82, 2.24) is 5.32 Å². The first-order valence-electron chi connectivity index (χ1n) is 19.9. The van der Waals surface area contributed by atoms with Gasteiger partial charge in [0.2, 0.25) is 0 Å². The van der Waals surface area contributed by atoms with Crippen LogP contribution in [0.4, 0.5) is 4.79 Å². The number of aliphatic hydroxyl groups is 4. The number of rotatable bonds is 9. The lowest BCUT2D eigenvalue weighted by Crippen LogP contribution is -2.81. The van der Waals surface area contributed by atoms with E-state index in [1.54, 1.807) is 83.2 Å². The van der Waals surface area contributed by atoms with Crippen LogP contribution in [0.2, 0.25) is 0 Å². The van der Waals surface area contributed by atoms with Crippen LogP contribution in [0.3, 0.4) is 0 Å². The van der Waals surface area contributed by atoms with Crippen molar-refractivity contribution in [2.45, 2.75) is 128 Å². The van der Waals surface area contributed by atoms with Crippen LogP contribution in [-0.2, 0) is 38.1 Å². The molecule has 2 aromatic carbocycles. The van der Waals surface area contributed by atoms with Crippen molar-refractivity contribution in [3.8, 4) is 0 Å². The molecule has 15 heteroatoms. The van der Waals surface area contributed by atoms with E-state index in [1.165, 1.54) is 26.0 Å². The molecule has 11 atom stereocenters. The number of carbonyl (C=O) groups is 5. The zero-order valence-electron chi connectivity index (χ0n) is 35.1. The standard InChI is InChI=1S/C45H55NO14/c1-10-25-16-18-26(19-17-25)32(46-40(54)60-41(4,5)6)34(50)39(53)57-28-21-45(55)37(58-38(52)27-14-12-11-13-15-27)35-43(9,36(51)33(49)31(23(28)2)42(45,7)8)29(48)20-30-44(35,22-56-30)59-24(3)47/h10-19,28-30,32-35,37,48-50,55H,1,20-22H2,2-9H3,(H,46,54)/t28-,29-,30+,32-,33+,34+,35-,37-,43+,44-,45+/m0/s1. The number of esters is 3. The summed E-state index contributed by atoms with van der Waals surface area (Å²) in [6.45, 7) is 15.5. The second-order valence-corrected chi connectivity index (χ2v) is 18.0. The molecule has 1 saturated heterocycles. The van der Waals surface area contributed by atoms with E-state index >= 15 is 0 Å². The van der Waals surface area contributed by atoms with E-state index in [2.05, 4.69) is 11.9 Å². The zero-order valence-corrected chi connectivity index (χ0v) is 35.1. The van der Waals surface area contributed by atoms with Crippen LogP contribution >= 0.6 is 0 Å². The number of amides is 1. The minimum Gasteiger partial charge on any atom is -0.456 e. The Kier molecular flexibility index (Phi) is 11.8. The van der Waals surface area contributed by atoms with E-state index in [0.29, 0.717) is 5.56 Å². The van der Waals surface area contributed by atoms with Gasteiger partial charge in [-0.05, 0) is 69.0 Å². The van der Waals surface area contributed by atoms with Gasteiger partial charge in [-0.15, -0.1) is 0 Å². The molecule has 1 heterocycles. The normalized spacial score (nSPS) is 32.9. The van der Waals surface area contributed by atoms with Crippen LogP contribution in [-0.4, -0.2) is 110 Å². The molecule has 2 bridgehead atoms. The number of hydrogen-bond donors (Lipinski definition) is 5. The highest BCUT2D eigenvalue weighted by atomic mass is 16.6. The van der Waals surface area contributed by atoms with Gasteiger partial charge in [-0.3, -0.25) is 9.59 Å². The summed E-state index contributed by atoms with van der Waals surface area (Å²) >= 11 is 0. The molecule has 60 heavy (non-hydrogen) atoms. The molecule has 0 spiro atoms. The number of nitrogens with one attached hydrogen (secondary N) is 1. The van der Waals surface area contributed by atoms with E-state index in [0.717, 1.165) is 12.5 Å². The van der Waals surface area contributed by atoms with Crippen LogP contribution in [0.25, 0.3) is 6.08 Å². The first-order chi connectivity index (χ1) is 27.9. The summed E-state index contributed by atoms with van der Waals surface area (Å²) in [5.74, 6) is -5.40. The predicted octanol–water partition coefficient (Wildman–Crippen LogP) is 3.90. The number of fused-ring (bicyclic) bond motifs is 5. The molecule has 5 N–H and O–H groups in total. The molecule has 2 aromatic rings. The monoisotopic (exact) mass is 833 g/mol. The minimum atomic E-state index is -2.37. The number of aliphatic hydroxyl groups excluding tert-OH is 3. The van der Waals surface area contributed by atoms with Gasteiger partial charge < -0.3 is 49.4 Å². The van der Waals surface area contributed by atoms with Gasteiger partial charge in [0.1, 0.15) is 35.6 Å². The van der Waals surface area contributed by atoms with Crippen LogP contribution in [0.1, 0.15) is 95.8 Å². The molecule has 6 rings (SSSR count). The van der Waals surface area contributed by atoms with Gasteiger partial charge in [0, 0.05) is 25.2 Å². The summed E-state index contributed by atoms with van der Waals surface area (Å²) in [6.07, 6.45) is -10.0. The molecule has 0 radical (unpaired) electrons. The molecule has 1 aliphatic heterocycles. The third-order valence-electron chi connectivity index (χ3n) is 12.9. The summed E-state index contributed by atoms with van der Waals surface area (Å²) in [5.41, 5.74) is -7.52. The average molecular weight is 834 g/mol. The lowest BCUT2D eigenvalue weighted by atomic mass is 9.44. The fourth-order valence-electron chi connectivity index (χ4n) is 9.74. The van der Waals surface area contributed by atoms with Crippen molar-refractivity contribution in [2.24, 2.45) is 16.7 Å². The predicted molar refractivity (Wildman–Crippen MR) is 214 cm³/mol. The molecule has 0 aromatic heterocycles. The van der Waals surface area contributed by atoms with Crippen molar-refractivity contribution < 1.29 is 68.1 Å². The second-order valence-electron chi connectivity index (χ2n) is 18.0. The van der Waals surface area contributed by atoms with Gasteiger partial charge in [0.25, 0.3) is 0 Å². The highest BCUT2D eigenvalue weighted by molar-refractivity contribution is 5.94. The lowest BCUT2D eigenvalue weighted by Gasteiger charge is -2.67. The van der Waals surface area contributed by atoms with Crippen molar-refractivity contribution in [1.29, 1.82) is 0 Å². The number of benzene rings is 2. The first kappa shape index (κ1) is 44.6. The molecule has 3 fully saturated rings. The molecule has 3 aliphatic carbocycles. The molecule has 0 unspecified atom stereocenters.